The molecule has 0 heterocycles. The standard InChI is InChI=1S/C13H20N2O3/c1-9(2)18-11-5-3-10(4-6-11)7-15-13(17)12(14)8-16/h3-6,9,12,16H,7-8,14H2,1-2H3,(H,15,17). The van der Waals surface area contributed by atoms with Crippen LogP contribution in [0.4, 0.5) is 0 Å². The van der Waals surface area contributed by atoms with Crippen LogP contribution in [0.25, 0.3) is 0 Å². The number of amides is 1. The number of hydrogen-bond donors (Lipinski definition) is 3. The van der Waals surface area contributed by atoms with E-state index in [1.165, 1.54) is 0 Å². The van der Waals surface area contributed by atoms with E-state index >= 15 is 0 Å². The monoisotopic (exact) mass is 252 g/mol. The first-order chi connectivity index (χ1) is 8.52. The molecule has 0 saturated heterocycles. The van der Waals surface area contributed by atoms with E-state index in [9.17, 15) is 4.79 Å². The molecule has 0 aliphatic rings. The maximum atomic E-state index is 11.3. The first-order valence-electron chi connectivity index (χ1n) is 5.92. The minimum Gasteiger partial charge on any atom is -0.491 e. The Bertz CT molecular complexity index is 376. The molecule has 1 rings (SSSR count). The van der Waals surface area contributed by atoms with Crippen LogP contribution in [0.5, 0.6) is 5.75 Å². The van der Waals surface area contributed by atoms with E-state index in [1.54, 1.807) is 0 Å². The highest BCUT2D eigenvalue weighted by molar-refractivity contribution is 5.81. The maximum Gasteiger partial charge on any atom is 0.239 e. The van der Waals surface area contributed by atoms with Crippen LogP contribution in [0.3, 0.4) is 0 Å². The number of aliphatic hydroxyl groups is 1. The van der Waals surface area contributed by atoms with E-state index < -0.39 is 6.04 Å². The van der Waals surface area contributed by atoms with Gasteiger partial charge in [-0.1, -0.05) is 12.1 Å². The van der Waals surface area contributed by atoms with Gasteiger partial charge >= 0.3 is 0 Å². The fourth-order valence-electron chi connectivity index (χ4n) is 1.36. The van der Waals surface area contributed by atoms with Crippen molar-refractivity contribution in [1.29, 1.82) is 0 Å². The smallest absolute Gasteiger partial charge is 0.239 e. The van der Waals surface area contributed by atoms with Gasteiger partial charge in [0.2, 0.25) is 5.91 Å². The fraction of sp³-hybridized carbons (Fsp3) is 0.462. The molecule has 0 aliphatic heterocycles. The number of nitrogens with one attached hydrogen (secondary N) is 1. The number of ether oxygens (including phenoxy) is 1. The minimum absolute atomic E-state index is 0.137. The lowest BCUT2D eigenvalue weighted by Crippen LogP contribution is -2.42. The van der Waals surface area contributed by atoms with Gasteiger partial charge in [0.15, 0.2) is 0 Å². The Balaban J connectivity index is 2.46. The molecule has 1 amide bonds. The number of aliphatic hydroxyl groups excluding tert-OH is 1. The average molecular weight is 252 g/mol. The first-order valence-corrected chi connectivity index (χ1v) is 5.92. The van der Waals surface area contributed by atoms with Gasteiger partial charge in [0.1, 0.15) is 11.8 Å². The van der Waals surface area contributed by atoms with Crippen LogP contribution in [0.2, 0.25) is 0 Å². The minimum atomic E-state index is -0.867. The summed E-state index contributed by atoms with van der Waals surface area (Å²) < 4.78 is 5.51. The molecular formula is C13H20N2O3. The number of nitrogens with two attached hydrogens (primary N) is 1. The molecule has 1 atom stereocenters. The summed E-state index contributed by atoms with van der Waals surface area (Å²) in [6.07, 6.45) is 0.137. The summed E-state index contributed by atoms with van der Waals surface area (Å²) in [6, 6.07) is 6.60. The summed E-state index contributed by atoms with van der Waals surface area (Å²) in [6.45, 7) is 3.95. The molecule has 4 N–H and O–H groups in total. The number of benzene rings is 1. The molecule has 0 aromatic heterocycles. The largest absolute Gasteiger partial charge is 0.491 e. The van der Waals surface area contributed by atoms with Gasteiger partial charge < -0.3 is 20.9 Å². The Hall–Kier alpha value is -1.59. The lowest BCUT2D eigenvalue weighted by Gasteiger charge is -2.11. The Labute approximate surface area is 107 Å². The first kappa shape index (κ1) is 14.5. The molecule has 5 heteroatoms. The molecule has 1 aromatic rings. The van der Waals surface area contributed by atoms with E-state index in [0.717, 1.165) is 11.3 Å². The van der Waals surface area contributed by atoms with Gasteiger partial charge in [-0.15, -0.1) is 0 Å². The Morgan fingerprint density at radius 3 is 2.50 bits per heavy atom. The topological polar surface area (TPSA) is 84.6 Å². The predicted octanol–water partition coefficient (Wildman–Crippen LogP) is 0.410. The van der Waals surface area contributed by atoms with Gasteiger partial charge in [0.05, 0.1) is 12.7 Å². The average Bonchev–Trinajstić information content (AvgIpc) is 2.36. The van der Waals surface area contributed by atoms with Gasteiger partial charge in [-0.3, -0.25) is 4.79 Å². The van der Waals surface area contributed by atoms with Crippen molar-refractivity contribution < 1.29 is 14.6 Å². The maximum absolute atomic E-state index is 11.3. The summed E-state index contributed by atoms with van der Waals surface area (Å²) in [5.74, 6) is 0.437. The van der Waals surface area contributed by atoms with Crippen molar-refractivity contribution in [1.82, 2.24) is 5.32 Å². The zero-order valence-corrected chi connectivity index (χ0v) is 10.7. The van der Waals surface area contributed by atoms with Crippen LogP contribution < -0.4 is 15.8 Å². The van der Waals surface area contributed by atoms with E-state index in [4.69, 9.17) is 15.6 Å². The van der Waals surface area contributed by atoms with Crippen LogP contribution in [-0.2, 0) is 11.3 Å². The van der Waals surface area contributed by atoms with Crippen LogP contribution >= 0.6 is 0 Å². The SMILES string of the molecule is CC(C)Oc1ccc(CNC(=O)C(N)CO)cc1. The van der Waals surface area contributed by atoms with Crippen molar-refractivity contribution in [2.24, 2.45) is 5.73 Å². The van der Waals surface area contributed by atoms with Crippen LogP contribution in [0, 0.1) is 0 Å². The summed E-state index contributed by atoms with van der Waals surface area (Å²) in [7, 11) is 0. The third-order valence-corrected chi connectivity index (χ3v) is 2.30. The lowest BCUT2D eigenvalue weighted by molar-refractivity contribution is -0.123. The molecule has 1 unspecified atom stereocenters. The molecule has 0 saturated carbocycles. The van der Waals surface area contributed by atoms with Gasteiger partial charge in [0, 0.05) is 6.54 Å². The predicted molar refractivity (Wildman–Crippen MR) is 69.1 cm³/mol. The summed E-state index contributed by atoms with van der Waals surface area (Å²) >= 11 is 0. The van der Waals surface area contributed by atoms with Crippen molar-refractivity contribution in [3.63, 3.8) is 0 Å². The normalized spacial score (nSPS) is 12.3. The van der Waals surface area contributed by atoms with E-state index in [1.807, 2.05) is 38.1 Å². The third kappa shape index (κ3) is 4.73. The number of carbonyl (C=O) groups excluding carboxylic acids is 1. The molecule has 18 heavy (non-hydrogen) atoms. The van der Waals surface area contributed by atoms with Crippen molar-refractivity contribution in [2.75, 3.05) is 6.61 Å². The Morgan fingerprint density at radius 1 is 1.39 bits per heavy atom. The molecule has 0 bridgehead atoms. The van der Waals surface area contributed by atoms with Crippen LogP contribution in [0.15, 0.2) is 24.3 Å². The second kappa shape index (κ2) is 6.98. The quantitative estimate of drug-likeness (QED) is 0.684. The zero-order chi connectivity index (χ0) is 13.5. The molecule has 5 nitrogen and oxygen atoms in total. The number of carbonyl (C=O) groups is 1. The van der Waals surface area contributed by atoms with Crippen LogP contribution in [0.1, 0.15) is 19.4 Å². The second-order valence-corrected chi connectivity index (χ2v) is 4.32. The molecular weight excluding hydrogens is 232 g/mol. The van der Waals surface area contributed by atoms with E-state index in [0.29, 0.717) is 6.54 Å². The molecule has 1 aromatic carbocycles. The highest BCUT2D eigenvalue weighted by Crippen LogP contribution is 2.13. The molecule has 0 fully saturated rings. The van der Waals surface area contributed by atoms with Gasteiger partial charge in [-0.25, -0.2) is 0 Å². The number of hydrogen-bond acceptors (Lipinski definition) is 4. The van der Waals surface area contributed by atoms with E-state index in [2.05, 4.69) is 5.32 Å². The molecule has 0 radical (unpaired) electrons. The van der Waals surface area contributed by atoms with Crippen molar-refractivity contribution in [3.8, 4) is 5.75 Å². The van der Waals surface area contributed by atoms with Crippen molar-refractivity contribution in [3.05, 3.63) is 29.8 Å². The summed E-state index contributed by atoms with van der Waals surface area (Å²) in [5, 5.41) is 11.4. The highest BCUT2D eigenvalue weighted by atomic mass is 16.5. The van der Waals surface area contributed by atoms with Crippen LogP contribution in [-0.4, -0.2) is 29.8 Å². The summed E-state index contributed by atoms with van der Waals surface area (Å²) in [4.78, 5) is 11.3. The number of rotatable bonds is 6. The molecule has 0 aliphatic carbocycles. The van der Waals surface area contributed by atoms with Crippen molar-refractivity contribution in [2.45, 2.75) is 32.5 Å². The van der Waals surface area contributed by atoms with Gasteiger partial charge in [-0.05, 0) is 31.5 Å². The summed E-state index contributed by atoms with van der Waals surface area (Å²) in [5.41, 5.74) is 6.33. The van der Waals surface area contributed by atoms with E-state index in [-0.39, 0.29) is 18.6 Å². The molecule has 100 valence electrons. The van der Waals surface area contributed by atoms with Gasteiger partial charge in [-0.2, -0.15) is 0 Å². The zero-order valence-electron chi connectivity index (χ0n) is 10.7. The van der Waals surface area contributed by atoms with Crippen molar-refractivity contribution >= 4 is 5.91 Å². The Kier molecular flexibility index (Phi) is 5.61. The lowest BCUT2D eigenvalue weighted by atomic mass is 10.2. The Morgan fingerprint density at radius 2 is 2.00 bits per heavy atom. The third-order valence-electron chi connectivity index (χ3n) is 2.30. The second-order valence-electron chi connectivity index (χ2n) is 4.32. The molecule has 0 spiro atoms. The van der Waals surface area contributed by atoms with Gasteiger partial charge in [0.25, 0.3) is 0 Å². The highest BCUT2D eigenvalue weighted by Gasteiger charge is 2.10. The fourth-order valence-corrected chi connectivity index (χ4v) is 1.36.